The standard InChI is InChI=1S/C11H13ClN2O3/c1-2-8(10(14)15)17-11(16)9-6(12)4-3-5-7(9)13/h3-5,8H,2,13H2,1H3,(H2,14,15). The molecular weight excluding hydrogens is 244 g/mol. The normalized spacial score (nSPS) is 11.9. The molecule has 0 radical (unpaired) electrons. The van der Waals surface area contributed by atoms with Crippen molar-refractivity contribution in [1.29, 1.82) is 0 Å². The van der Waals surface area contributed by atoms with E-state index in [0.717, 1.165) is 0 Å². The lowest BCUT2D eigenvalue weighted by molar-refractivity contribution is -0.126. The smallest absolute Gasteiger partial charge is 0.342 e. The zero-order chi connectivity index (χ0) is 13.0. The molecule has 1 unspecified atom stereocenters. The van der Waals surface area contributed by atoms with Gasteiger partial charge in [-0.2, -0.15) is 0 Å². The first-order chi connectivity index (χ1) is 7.97. The molecule has 5 nitrogen and oxygen atoms in total. The fourth-order valence-corrected chi connectivity index (χ4v) is 1.55. The molecule has 1 rings (SSSR count). The Morgan fingerprint density at radius 3 is 2.59 bits per heavy atom. The van der Waals surface area contributed by atoms with Crippen LogP contribution in [0.5, 0.6) is 0 Å². The van der Waals surface area contributed by atoms with Crippen LogP contribution in [0.1, 0.15) is 23.7 Å². The number of rotatable bonds is 4. The quantitative estimate of drug-likeness (QED) is 0.628. The lowest BCUT2D eigenvalue weighted by Crippen LogP contribution is -2.32. The lowest BCUT2D eigenvalue weighted by Gasteiger charge is -2.14. The zero-order valence-corrected chi connectivity index (χ0v) is 10.0. The number of nitrogens with two attached hydrogens (primary N) is 2. The van der Waals surface area contributed by atoms with Crippen molar-refractivity contribution in [3.8, 4) is 0 Å². The van der Waals surface area contributed by atoms with Gasteiger partial charge in [-0.1, -0.05) is 24.6 Å². The SMILES string of the molecule is CCC(OC(=O)c1c(N)cccc1Cl)C(N)=O. The molecule has 4 N–H and O–H groups in total. The Morgan fingerprint density at radius 1 is 1.47 bits per heavy atom. The molecule has 0 spiro atoms. The lowest BCUT2D eigenvalue weighted by atomic mass is 10.2. The van der Waals surface area contributed by atoms with Gasteiger partial charge in [0.15, 0.2) is 6.10 Å². The minimum absolute atomic E-state index is 0.0499. The third-order valence-electron chi connectivity index (χ3n) is 2.19. The monoisotopic (exact) mass is 256 g/mol. The van der Waals surface area contributed by atoms with Crippen molar-refractivity contribution in [3.05, 3.63) is 28.8 Å². The molecule has 1 aromatic rings. The van der Waals surface area contributed by atoms with Crippen LogP contribution < -0.4 is 11.5 Å². The molecule has 0 bridgehead atoms. The van der Waals surface area contributed by atoms with Gasteiger partial charge in [0.1, 0.15) is 5.56 Å². The summed E-state index contributed by atoms with van der Waals surface area (Å²) >= 11 is 5.83. The van der Waals surface area contributed by atoms with Crippen molar-refractivity contribution in [3.63, 3.8) is 0 Å². The molecular formula is C11H13ClN2O3. The Hall–Kier alpha value is -1.75. The molecule has 1 aromatic carbocycles. The van der Waals surface area contributed by atoms with Gasteiger partial charge in [0.25, 0.3) is 5.91 Å². The number of hydrogen-bond donors (Lipinski definition) is 2. The van der Waals surface area contributed by atoms with Gasteiger partial charge in [-0.15, -0.1) is 0 Å². The summed E-state index contributed by atoms with van der Waals surface area (Å²) < 4.78 is 4.93. The molecule has 0 saturated carbocycles. The third-order valence-corrected chi connectivity index (χ3v) is 2.50. The Labute approximate surface area is 104 Å². The highest BCUT2D eigenvalue weighted by Crippen LogP contribution is 2.23. The van der Waals surface area contributed by atoms with Gasteiger partial charge >= 0.3 is 5.97 Å². The molecule has 0 aliphatic rings. The van der Waals surface area contributed by atoms with E-state index in [2.05, 4.69) is 0 Å². The number of halogens is 1. The Bertz CT molecular complexity index is 428. The Balaban J connectivity index is 2.94. The van der Waals surface area contributed by atoms with E-state index < -0.39 is 18.0 Å². The summed E-state index contributed by atoms with van der Waals surface area (Å²) in [6, 6.07) is 4.65. The molecule has 0 aliphatic carbocycles. The summed E-state index contributed by atoms with van der Waals surface area (Å²) in [5, 5.41) is 0.175. The zero-order valence-electron chi connectivity index (χ0n) is 9.27. The van der Waals surface area contributed by atoms with E-state index >= 15 is 0 Å². The summed E-state index contributed by atoms with van der Waals surface area (Å²) in [4.78, 5) is 22.7. The van der Waals surface area contributed by atoms with E-state index in [9.17, 15) is 9.59 Å². The average molecular weight is 257 g/mol. The fraction of sp³-hybridized carbons (Fsp3) is 0.273. The van der Waals surface area contributed by atoms with Gasteiger partial charge in [-0.3, -0.25) is 4.79 Å². The van der Waals surface area contributed by atoms with Crippen LogP contribution in [0.3, 0.4) is 0 Å². The topological polar surface area (TPSA) is 95.4 Å². The van der Waals surface area contributed by atoms with E-state index in [-0.39, 0.29) is 16.3 Å². The first-order valence-electron chi connectivity index (χ1n) is 5.01. The number of primary amides is 1. The number of hydrogen-bond acceptors (Lipinski definition) is 4. The molecule has 0 aromatic heterocycles. The van der Waals surface area contributed by atoms with Gasteiger partial charge in [0.2, 0.25) is 0 Å². The van der Waals surface area contributed by atoms with E-state index in [1.807, 2.05) is 0 Å². The van der Waals surface area contributed by atoms with Crippen LogP contribution in [0.2, 0.25) is 5.02 Å². The van der Waals surface area contributed by atoms with E-state index in [4.69, 9.17) is 27.8 Å². The van der Waals surface area contributed by atoms with Gasteiger partial charge in [0.05, 0.1) is 5.02 Å². The van der Waals surface area contributed by atoms with Crippen molar-refractivity contribution in [2.45, 2.75) is 19.4 Å². The number of esters is 1. The van der Waals surface area contributed by atoms with Crippen LogP contribution in [0.15, 0.2) is 18.2 Å². The van der Waals surface area contributed by atoms with Gasteiger partial charge in [-0.25, -0.2) is 4.79 Å². The molecule has 0 aliphatic heterocycles. The highest BCUT2D eigenvalue weighted by atomic mass is 35.5. The second-order valence-corrected chi connectivity index (χ2v) is 3.82. The van der Waals surface area contributed by atoms with Crippen molar-refractivity contribution in [2.24, 2.45) is 5.73 Å². The number of carbonyl (C=O) groups excluding carboxylic acids is 2. The summed E-state index contributed by atoms with van der Waals surface area (Å²) in [5.74, 6) is -1.45. The maximum Gasteiger partial charge on any atom is 0.342 e. The van der Waals surface area contributed by atoms with Crippen molar-refractivity contribution in [1.82, 2.24) is 0 Å². The van der Waals surface area contributed by atoms with Crippen molar-refractivity contribution < 1.29 is 14.3 Å². The minimum Gasteiger partial charge on any atom is -0.449 e. The average Bonchev–Trinajstić information content (AvgIpc) is 2.25. The molecule has 0 saturated heterocycles. The molecule has 1 amide bonds. The van der Waals surface area contributed by atoms with E-state index in [0.29, 0.717) is 6.42 Å². The minimum atomic E-state index is -0.974. The summed E-state index contributed by atoms with van der Waals surface area (Å²) in [7, 11) is 0. The van der Waals surface area contributed by atoms with Gasteiger partial charge in [-0.05, 0) is 18.6 Å². The number of carbonyl (C=O) groups is 2. The maximum absolute atomic E-state index is 11.8. The Morgan fingerprint density at radius 2 is 2.12 bits per heavy atom. The Kier molecular flexibility index (Phi) is 4.34. The van der Waals surface area contributed by atoms with Crippen LogP contribution in [-0.2, 0) is 9.53 Å². The van der Waals surface area contributed by atoms with Crippen molar-refractivity contribution in [2.75, 3.05) is 5.73 Å². The summed E-state index contributed by atoms with van der Waals surface area (Å²) in [6.07, 6.45) is -0.677. The summed E-state index contributed by atoms with van der Waals surface area (Å²) in [5.41, 5.74) is 10.9. The number of amides is 1. The fourth-order valence-electron chi connectivity index (χ4n) is 1.29. The van der Waals surface area contributed by atoms with Crippen LogP contribution in [0.4, 0.5) is 5.69 Å². The third kappa shape index (κ3) is 3.10. The highest BCUT2D eigenvalue weighted by Gasteiger charge is 2.22. The van der Waals surface area contributed by atoms with Gasteiger partial charge in [0, 0.05) is 5.69 Å². The highest BCUT2D eigenvalue weighted by molar-refractivity contribution is 6.34. The second kappa shape index (κ2) is 5.54. The predicted octanol–water partition coefficient (Wildman–Crippen LogP) is 1.34. The molecule has 0 fully saturated rings. The van der Waals surface area contributed by atoms with Crippen LogP contribution in [0, 0.1) is 0 Å². The maximum atomic E-state index is 11.8. The molecule has 6 heteroatoms. The molecule has 1 atom stereocenters. The van der Waals surface area contributed by atoms with Gasteiger partial charge < -0.3 is 16.2 Å². The van der Waals surface area contributed by atoms with Crippen LogP contribution in [-0.4, -0.2) is 18.0 Å². The predicted molar refractivity (Wildman–Crippen MR) is 64.6 cm³/mol. The first kappa shape index (κ1) is 13.3. The molecule has 0 heterocycles. The number of ether oxygens (including phenoxy) is 1. The van der Waals surface area contributed by atoms with Crippen molar-refractivity contribution >= 4 is 29.2 Å². The molecule has 92 valence electrons. The van der Waals surface area contributed by atoms with Crippen LogP contribution >= 0.6 is 11.6 Å². The van der Waals surface area contributed by atoms with Crippen LogP contribution in [0.25, 0.3) is 0 Å². The largest absolute Gasteiger partial charge is 0.449 e. The van der Waals surface area contributed by atoms with E-state index in [1.165, 1.54) is 12.1 Å². The number of nitrogen functional groups attached to an aromatic ring is 1. The molecule has 17 heavy (non-hydrogen) atoms. The summed E-state index contributed by atoms with van der Waals surface area (Å²) in [6.45, 7) is 1.68. The number of benzene rings is 1. The first-order valence-corrected chi connectivity index (χ1v) is 5.39. The van der Waals surface area contributed by atoms with E-state index in [1.54, 1.807) is 13.0 Å². The number of anilines is 1. The second-order valence-electron chi connectivity index (χ2n) is 3.41.